The number of amides is 1. The normalized spacial score (nSPS) is 14.8. The monoisotopic (exact) mass is 332 g/mol. The second-order valence-corrected chi connectivity index (χ2v) is 7.13. The molecule has 1 aromatic carbocycles. The summed E-state index contributed by atoms with van der Waals surface area (Å²) in [5.74, 6) is 2.47. The number of thioether (sulfide) groups is 2. The lowest BCUT2D eigenvalue weighted by molar-refractivity contribution is 0.0953. The molecule has 0 unspecified atom stereocenters. The van der Waals surface area contributed by atoms with E-state index in [-0.39, 0.29) is 18.3 Å². The lowest BCUT2D eigenvalue weighted by Gasteiger charge is -2.09. The van der Waals surface area contributed by atoms with Gasteiger partial charge in [-0.2, -0.15) is 0 Å². The summed E-state index contributed by atoms with van der Waals surface area (Å²) in [6.45, 7) is 1.64. The average molecular weight is 333 g/mol. The lowest BCUT2D eigenvalue weighted by Crippen LogP contribution is -2.26. The molecule has 1 fully saturated rings. The van der Waals surface area contributed by atoms with Crippen molar-refractivity contribution >= 4 is 41.8 Å². The summed E-state index contributed by atoms with van der Waals surface area (Å²) >= 11 is 3.97. The summed E-state index contributed by atoms with van der Waals surface area (Å²) < 4.78 is 0.549. The first-order chi connectivity index (χ1) is 9.31. The Morgan fingerprint density at radius 1 is 1.20 bits per heavy atom. The van der Waals surface area contributed by atoms with Crippen molar-refractivity contribution in [1.29, 1.82) is 0 Å². The highest BCUT2D eigenvalue weighted by atomic mass is 35.5. The molecule has 0 aliphatic carbocycles. The van der Waals surface area contributed by atoms with E-state index in [1.54, 1.807) is 0 Å². The zero-order valence-corrected chi connectivity index (χ0v) is 14.0. The summed E-state index contributed by atoms with van der Waals surface area (Å²) in [6.07, 6.45) is 0.954. The second kappa shape index (κ2) is 9.55. The van der Waals surface area contributed by atoms with Crippen molar-refractivity contribution in [1.82, 2.24) is 10.6 Å². The molecule has 0 saturated carbocycles. The van der Waals surface area contributed by atoms with Crippen LogP contribution in [-0.2, 0) is 0 Å². The van der Waals surface area contributed by atoms with Gasteiger partial charge in [-0.1, -0.05) is 12.1 Å². The zero-order chi connectivity index (χ0) is 13.5. The Bertz CT molecular complexity index is 408. The van der Waals surface area contributed by atoms with Crippen LogP contribution in [0.4, 0.5) is 0 Å². The van der Waals surface area contributed by atoms with Gasteiger partial charge >= 0.3 is 0 Å². The molecule has 0 bridgehead atoms. The maximum absolute atomic E-state index is 11.9. The minimum absolute atomic E-state index is 0. The van der Waals surface area contributed by atoms with Crippen LogP contribution in [-0.4, -0.2) is 37.6 Å². The van der Waals surface area contributed by atoms with Crippen molar-refractivity contribution in [2.24, 2.45) is 0 Å². The molecule has 20 heavy (non-hydrogen) atoms. The third-order valence-electron chi connectivity index (χ3n) is 2.96. The highest BCUT2D eigenvalue weighted by Gasteiger charge is 2.18. The average Bonchev–Trinajstić information content (AvgIpc) is 2.98. The minimum atomic E-state index is 0. The molecule has 3 nitrogen and oxygen atoms in total. The Morgan fingerprint density at radius 2 is 1.85 bits per heavy atom. The molecule has 1 amide bonds. The van der Waals surface area contributed by atoms with E-state index in [2.05, 4.69) is 22.8 Å². The highest BCUT2D eigenvalue weighted by molar-refractivity contribution is 8.19. The Hall–Kier alpha value is -0.360. The SMILES string of the molecule is CNCCCNC(=O)c1ccc(C2SCCS2)cc1.Cl. The summed E-state index contributed by atoms with van der Waals surface area (Å²) in [4.78, 5) is 11.9. The van der Waals surface area contributed by atoms with Gasteiger partial charge in [0.25, 0.3) is 5.91 Å². The Balaban J connectivity index is 0.00000200. The Kier molecular flexibility index (Phi) is 8.45. The molecule has 1 aliphatic heterocycles. The molecular formula is C14H21ClN2OS2. The van der Waals surface area contributed by atoms with E-state index >= 15 is 0 Å². The molecule has 2 N–H and O–H groups in total. The van der Waals surface area contributed by atoms with Gasteiger partial charge in [0.15, 0.2) is 0 Å². The van der Waals surface area contributed by atoms with Crippen LogP contribution >= 0.6 is 35.9 Å². The molecule has 0 radical (unpaired) electrons. The summed E-state index contributed by atoms with van der Waals surface area (Å²) in [7, 11) is 1.92. The fraction of sp³-hybridized carbons (Fsp3) is 0.500. The van der Waals surface area contributed by atoms with Gasteiger partial charge < -0.3 is 10.6 Å². The van der Waals surface area contributed by atoms with Crippen molar-refractivity contribution < 1.29 is 4.79 Å². The molecule has 0 atom stereocenters. The number of nitrogens with one attached hydrogen (secondary N) is 2. The zero-order valence-electron chi connectivity index (χ0n) is 11.6. The quantitative estimate of drug-likeness (QED) is 0.786. The van der Waals surface area contributed by atoms with Gasteiger partial charge in [0.1, 0.15) is 0 Å². The third-order valence-corrected chi connectivity index (χ3v) is 6.06. The number of halogens is 1. The smallest absolute Gasteiger partial charge is 0.251 e. The maximum atomic E-state index is 11.9. The largest absolute Gasteiger partial charge is 0.352 e. The predicted molar refractivity (Wildman–Crippen MR) is 92.2 cm³/mol. The molecule has 0 aromatic heterocycles. The highest BCUT2D eigenvalue weighted by Crippen LogP contribution is 2.45. The Labute approximate surface area is 135 Å². The third kappa shape index (κ3) is 5.20. The number of hydrogen-bond acceptors (Lipinski definition) is 4. The van der Waals surface area contributed by atoms with Gasteiger partial charge in [-0.25, -0.2) is 0 Å². The minimum Gasteiger partial charge on any atom is -0.352 e. The number of hydrogen-bond donors (Lipinski definition) is 2. The van der Waals surface area contributed by atoms with Crippen LogP contribution in [0.1, 0.15) is 26.9 Å². The van der Waals surface area contributed by atoms with Gasteiger partial charge in [0.2, 0.25) is 0 Å². The molecule has 1 aromatic rings. The molecule has 1 heterocycles. The van der Waals surface area contributed by atoms with E-state index in [0.717, 1.165) is 25.1 Å². The van der Waals surface area contributed by atoms with Gasteiger partial charge in [-0.15, -0.1) is 35.9 Å². The predicted octanol–water partition coefficient (Wildman–Crippen LogP) is 2.93. The summed E-state index contributed by atoms with van der Waals surface area (Å²) in [5.41, 5.74) is 2.07. The lowest BCUT2D eigenvalue weighted by atomic mass is 10.1. The van der Waals surface area contributed by atoms with Crippen molar-refractivity contribution in [2.75, 3.05) is 31.6 Å². The van der Waals surface area contributed by atoms with Crippen LogP contribution in [0.25, 0.3) is 0 Å². The number of carbonyl (C=O) groups is 1. The summed E-state index contributed by atoms with van der Waals surface area (Å²) in [6, 6.07) is 8.03. The van der Waals surface area contributed by atoms with Crippen molar-refractivity contribution in [2.45, 2.75) is 11.0 Å². The molecular weight excluding hydrogens is 312 g/mol. The van der Waals surface area contributed by atoms with Gasteiger partial charge in [-0.3, -0.25) is 4.79 Å². The number of carbonyl (C=O) groups excluding carboxylic acids is 1. The van der Waals surface area contributed by atoms with Crippen molar-refractivity contribution in [3.8, 4) is 0 Å². The summed E-state index contributed by atoms with van der Waals surface area (Å²) in [5, 5.41) is 6.00. The fourth-order valence-electron chi connectivity index (χ4n) is 1.91. The first-order valence-electron chi connectivity index (χ1n) is 6.57. The maximum Gasteiger partial charge on any atom is 0.251 e. The fourth-order valence-corrected chi connectivity index (χ4v) is 4.77. The van der Waals surface area contributed by atoms with Crippen LogP contribution in [0.3, 0.4) is 0 Å². The molecule has 1 saturated heterocycles. The first kappa shape index (κ1) is 17.7. The molecule has 6 heteroatoms. The number of benzene rings is 1. The van der Waals surface area contributed by atoms with Gasteiger partial charge in [0.05, 0.1) is 4.58 Å². The standard InChI is InChI=1S/C14H20N2OS2.ClH/c1-15-7-2-8-16-13(17)11-3-5-12(6-4-11)14-18-9-10-19-14;/h3-6,14-15H,2,7-10H2,1H3,(H,16,17);1H. The van der Waals surface area contributed by atoms with E-state index in [9.17, 15) is 4.79 Å². The van der Waals surface area contributed by atoms with E-state index in [0.29, 0.717) is 4.58 Å². The van der Waals surface area contributed by atoms with Crippen LogP contribution in [0, 0.1) is 0 Å². The van der Waals surface area contributed by atoms with Crippen LogP contribution in [0.15, 0.2) is 24.3 Å². The molecule has 112 valence electrons. The van der Waals surface area contributed by atoms with Crippen LogP contribution < -0.4 is 10.6 Å². The van der Waals surface area contributed by atoms with Crippen LogP contribution in [0.5, 0.6) is 0 Å². The topological polar surface area (TPSA) is 41.1 Å². The van der Waals surface area contributed by atoms with Gasteiger partial charge in [-0.05, 0) is 37.7 Å². The van der Waals surface area contributed by atoms with Crippen LogP contribution in [0.2, 0.25) is 0 Å². The van der Waals surface area contributed by atoms with E-state index in [1.165, 1.54) is 17.1 Å². The molecule has 1 aliphatic rings. The van der Waals surface area contributed by atoms with Gasteiger partial charge in [0, 0.05) is 23.6 Å². The van der Waals surface area contributed by atoms with Crippen molar-refractivity contribution in [3.05, 3.63) is 35.4 Å². The van der Waals surface area contributed by atoms with Crippen molar-refractivity contribution in [3.63, 3.8) is 0 Å². The molecule has 2 rings (SSSR count). The Morgan fingerprint density at radius 3 is 2.45 bits per heavy atom. The number of rotatable bonds is 6. The first-order valence-corrected chi connectivity index (χ1v) is 8.67. The van der Waals surface area contributed by atoms with E-state index in [1.807, 2.05) is 42.7 Å². The molecule has 0 spiro atoms. The van der Waals surface area contributed by atoms with E-state index < -0.39 is 0 Å². The second-order valence-electron chi connectivity index (χ2n) is 4.41. The van der Waals surface area contributed by atoms with E-state index in [4.69, 9.17) is 0 Å².